The SMILES string of the molecule is Cc1cnn(CCCNC(=O)NC(C)(CO)C2CCCCC2)c1. The highest BCUT2D eigenvalue weighted by atomic mass is 16.3. The van der Waals surface area contributed by atoms with Gasteiger partial charge in [-0.25, -0.2) is 4.79 Å². The van der Waals surface area contributed by atoms with Crippen LogP contribution in [0.1, 0.15) is 51.0 Å². The molecule has 2 rings (SSSR count). The first kappa shape index (κ1) is 17.8. The van der Waals surface area contributed by atoms with Gasteiger partial charge in [-0.15, -0.1) is 0 Å². The summed E-state index contributed by atoms with van der Waals surface area (Å²) in [4.78, 5) is 12.1. The van der Waals surface area contributed by atoms with Crippen LogP contribution in [0.5, 0.6) is 0 Å². The molecule has 1 heterocycles. The first-order valence-corrected chi connectivity index (χ1v) is 8.69. The number of aliphatic hydroxyl groups is 1. The average Bonchev–Trinajstić information content (AvgIpc) is 2.97. The van der Waals surface area contributed by atoms with Crippen LogP contribution in [0.4, 0.5) is 4.79 Å². The van der Waals surface area contributed by atoms with Crippen molar-refractivity contribution in [3.63, 3.8) is 0 Å². The molecule has 1 aliphatic rings. The lowest BCUT2D eigenvalue weighted by atomic mass is 9.76. The van der Waals surface area contributed by atoms with Gasteiger partial charge in [-0.1, -0.05) is 19.3 Å². The third kappa shape index (κ3) is 5.23. The van der Waals surface area contributed by atoms with Crippen molar-refractivity contribution in [1.82, 2.24) is 20.4 Å². The zero-order valence-corrected chi connectivity index (χ0v) is 14.3. The van der Waals surface area contributed by atoms with Crippen molar-refractivity contribution in [3.05, 3.63) is 18.0 Å². The lowest BCUT2D eigenvalue weighted by Gasteiger charge is -2.39. The third-order valence-electron chi connectivity index (χ3n) is 4.85. The summed E-state index contributed by atoms with van der Waals surface area (Å²) in [5.74, 6) is 0.360. The summed E-state index contributed by atoms with van der Waals surface area (Å²) in [6.45, 7) is 5.33. The van der Waals surface area contributed by atoms with E-state index in [-0.39, 0.29) is 12.6 Å². The minimum atomic E-state index is -0.524. The predicted molar refractivity (Wildman–Crippen MR) is 90.2 cm³/mol. The molecule has 130 valence electrons. The van der Waals surface area contributed by atoms with Gasteiger partial charge >= 0.3 is 6.03 Å². The fourth-order valence-corrected chi connectivity index (χ4v) is 3.35. The van der Waals surface area contributed by atoms with E-state index in [9.17, 15) is 9.90 Å². The van der Waals surface area contributed by atoms with E-state index < -0.39 is 5.54 Å². The van der Waals surface area contributed by atoms with Crippen LogP contribution in [-0.4, -0.2) is 39.6 Å². The number of hydrogen-bond donors (Lipinski definition) is 3. The van der Waals surface area contributed by atoms with Gasteiger partial charge in [0.15, 0.2) is 0 Å². The Morgan fingerprint density at radius 3 is 2.78 bits per heavy atom. The second-order valence-corrected chi connectivity index (χ2v) is 6.93. The molecule has 1 fully saturated rings. The highest BCUT2D eigenvalue weighted by Crippen LogP contribution is 2.32. The molecule has 0 aliphatic heterocycles. The number of aliphatic hydroxyl groups excluding tert-OH is 1. The smallest absolute Gasteiger partial charge is 0.315 e. The largest absolute Gasteiger partial charge is 0.394 e. The van der Waals surface area contributed by atoms with Gasteiger partial charge in [0.05, 0.1) is 18.3 Å². The monoisotopic (exact) mass is 322 g/mol. The Bertz CT molecular complexity index is 497. The van der Waals surface area contributed by atoms with Gasteiger partial charge in [0.1, 0.15) is 0 Å². The lowest BCUT2D eigenvalue weighted by molar-refractivity contribution is 0.101. The Kier molecular flexibility index (Phi) is 6.45. The van der Waals surface area contributed by atoms with Gasteiger partial charge in [0.25, 0.3) is 0 Å². The molecule has 1 atom stereocenters. The molecule has 0 radical (unpaired) electrons. The minimum absolute atomic E-state index is 0.0162. The van der Waals surface area contributed by atoms with E-state index in [0.717, 1.165) is 31.4 Å². The molecule has 6 nitrogen and oxygen atoms in total. The van der Waals surface area contributed by atoms with Crippen LogP contribution in [-0.2, 0) is 6.54 Å². The molecule has 0 aromatic carbocycles. The molecule has 23 heavy (non-hydrogen) atoms. The first-order chi connectivity index (χ1) is 11.0. The maximum atomic E-state index is 12.1. The molecule has 2 amide bonds. The van der Waals surface area contributed by atoms with Gasteiger partial charge in [-0.2, -0.15) is 5.10 Å². The maximum absolute atomic E-state index is 12.1. The van der Waals surface area contributed by atoms with Gasteiger partial charge in [0.2, 0.25) is 0 Å². The van der Waals surface area contributed by atoms with E-state index in [2.05, 4.69) is 15.7 Å². The number of urea groups is 1. The van der Waals surface area contributed by atoms with E-state index >= 15 is 0 Å². The fourth-order valence-electron chi connectivity index (χ4n) is 3.35. The number of nitrogens with one attached hydrogen (secondary N) is 2. The van der Waals surface area contributed by atoms with Crippen LogP contribution >= 0.6 is 0 Å². The summed E-state index contributed by atoms with van der Waals surface area (Å²) in [5.41, 5.74) is 0.616. The number of carbonyl (C=O) groups excluding carboxylic acids is 1. The van der Waals surface area contributed by atoms with Crippen molar-refractivity contribution in [2.24, 2.45) is 5.92 Å². The Hall–Kier alpha value is -1.56. The zero-order valence-electron chi connectivity index (χ0n) is 14.3. The zero-order chi connectivity index (χ0) is 16.7. The quantitative estimate of drug-likeness (QED) is 0.673. The van der Waals surface area contributed by atoms with Crippen molar-refractivity contribution in [2.75, 3.05) is 13.2 Å². The Morgan fingerprint density at radius 2 is 2.17 bits per heavy atom. The van der Waals surface area contributed by atoms with Crippen LogP contribution in [0.15, 0.2) is 12.4 Å². The molecule has 1 aromatic heterocycles. The van der Waals surface area contributed by atoms with Gasteiger partial charge < -0.3 is 15.7 Å². The highest BCUT2D eigenvalue weighted by Gasteiger charge is 2.35. The number of nitrogens with zero attached hydrogens (tertiary/aromatic N) is 2. The summed E-state index contributed by atoms with van der Waals surface area (Å²) in [5, 5.41) is 19.9. The number of rotatable bonds is 7. The number of hydrogen-bond acceptors (Lipinski definition) is 3. The molecule has 3 N–H and O–H groups in total. The molecular formula is C17H30N4O2. The summed E-state index contributed by atoms with van der Waals surface area (Å²) in [7, 11) is 0. The summed E-state index contributed by atoms with van der Waals surface area (Å²) < 4.78 is 1.88. The normalized spacial score (nSPS) is 18.4. The second kappa shape index (κ2) is 8.34. The number of carbonyl (C=O) groups is 1. The Balaban J connectivity index is 1.71. The standard InChI is InChI=1S/C17H30N4O2/c1-14-11-19-21(12-14)10-6-9-18-16(23)20-17(2,13-22)15-7-4-3-5-8-15/h11-12,15,22H,3-10,13H2,1-2H3,(H2,18,20,23). The molecule has 1 saturated carbocycles. The summed E-state index contributed by atoms with van der Waals surface area (Å²) in [6.07, 6.45) is 10.4. The van der Waals surface area contributed by atoms with Crippen molar-refractivity contribution < 1.29 is 9.90 Å². The van der Waals surface area contributed by atoms with E-state index in [1.54, 1.807) is 0 Å². The van der Waals surface area contributed by atoms with Gasteiger partial charge in [0, 0.05) is 19.3 Å². The van der Waals surface area contributed by atoms with E-state index in [0.29, 0.717) is 12.5 Å². The topological polar surface area (TPSA) is 79.2 Å². The molecule has 1 unspecified atom stereocenters. The van der Waals surface area contributed by atoms with E-state index in [1.165, 1.54) is 19.3 Å². The van der Waals surface area contributed by atoms with Crippen molar-refractivity contribution in [2.45, 2.75) is 64.5 Å². The van der Waals surface area contributed by atoms with Gasteiger partial charge in [-0.3, -0.25) is 4.68 Å². The molecule has 1 aliphatic carbocycles. The second-order valence-electron chi connectivity index (χ2n) is 6.93. The van der Waals surface area contributed by atoms with Crippen molar-refractivity contribution >= 4 is 6.03 Å². The number of aryl methyl sites for hydroxylation is 2. The molecule has 1 aromatic rings. The molecular weight excluding hydrogens is 292 g/mol. The average molecular weight is 322 g/mol. The molecule has 0 saturated heterocycles. The predicted octanol–water partition coefficient (Wildman–Crippen LogP) is 2.21. The van der Waals surface area contributed by atoms with E-state index in [1.807, 2.05) is 30.9 Å². The maximum Gasteiger partial charge on any atom is 0.315 e. The Labute approximate surface area is 138 Å². The molecule has 0 bridgehead atoms. The van der Waals surface area contributed by atoms with E-state index in [4.69, 9.17) is 0 Å². The van der Waals surface area contributed by atoms with Gasteiger partial charge in [-0.05, 0) is 44.6 Å². The van der Waals surface area contributed by atoms with Crippen molar-refractivity contribution in [3.8, 4) is 0 Å². The van der Waals surface area contributed by atoms with Crippen LogP contribution in [0, 0.1) is 12.8 Å². The molecule has 0 spiro atoms. The third-order valence-corrected chi connectivity index (χ3v) is 4.85. The number of amides is 2. The highest BCUT2D eigenvalue weighted by molar-refractivity contribution is 5.74. The fraction of sp³-hybridized carbons (Fsp3) is 0.765. The van der Waals surface area contributed by atoms with Crippen molar-refractivity contribution in [1.29, 1.82) is 0 Å². The van der Waals surface area contributed by atoms with Crippen LogP contribution in [0.2, 0.25) is 0 Å². The molecule has 6 heteroatoms. The van der Waals surface area contributed by atoms with Crippen LogP contribution in [0.25, 0.3) is 0 Å². The van der Waals surface area contributed by atoms with Crippen LogP contribution < -0.4 is 10.6 Å². The summed E-state index contributed by atoms with van der Waals surface area (Å²) >= 11 is 0. The minimum Gasteiger partial charge on any atom is -0.394 e. The Morgan fingerprint density at radius 1 is 1.43 bits per heavy atom. The number of aromatic nitrogens is 2. The lowest BCUT2D eigenvalue weighted by Crippen LogP contribution is -2.57. The first-order valence-electron chi connectivity index (χ1n) is 8.69. The van der Waals surface area contributed by atoms with Crippen LogP contribution in [0.3, 0.4) is 0 Å². The summed E-state index contributed by atoms with van der Waals surface area (Å²) in [6, 6.07) is -0.191.